The van der Waals surface area contributed by atoms with Crippen LogP contribution in [0.15, 0.2) is 29.2 Å². The summed E-state index contributed by atoms with van der Waals surface area (Å²) in [4.78, 5) is 1.22. The summed E-state index contributed by atoms with van der Waals surface area (Å²) in [6, 6.07) is 8.62. The van der Waals surface area contributed by atoms with Crippen LogP contribution < -0.4 is 0 Å². The molecule has 0 saturated carbocycles. The van der Waals surface area contributed by atoms with E-state index in [1.807, 2.05) is 25.6 Å². The van der Waals surface area contributed by atoms with E-state index in [1.54, 1.807) is 0 Å². The molecule has 0 atom stereocenters. The number of aromatic hydroxyl groups is 1. The van der Waals surface area contributed by atoms with Crippen molar-refractivity contribution in [2.45, 2.75) is 45.3 Å². The fourth-order valence-electron chi connectivity index (χ4n) is 2.59. The second-order valence-electron chi connectivity index (χ2n) is 5.57. The van der Waals surface area contributed by atoms with E-state index in [1.165, 1.54) is 27.1 Å². The van der Waals surface area contributed by atoms with Gasteiger partial charge in [-0.2, -0.15) is 0 Å². The lowest BCUT2D eigenvalue weighted by molar-refractivity contribution is 0.466. The van der Waals surface area contributed by atoms with E-state index in [9.17, 15) is 5.11 Å². The van der Waals surface area contributed by atoms with Gasteiger partial charge in [-0.05, 0) is 74.6 Å². The van der Waals surface area contributed by atoms with Gasteiger partial charge in [-0.1, -0.05) is 17.7 Å². The van der Waals surface area contributed by atoms with Crippen molar-refractivity contribution < 1.29 is 5.11 Å². The maximum atomic E-state index is 9.83. The molecule has 20 heavy (non-hydrogen) atoms. The lowest BCUT2D eigenvalue weighted by Crippen LogP contribution is -1.93. The summed E-state index contributed by atoms with van der Waals surface area (Å²) in [6.07, 6.45) is 0. The van der Waals surface area contributed by atoms with Crippen LogP contribution in [0.1, 0.15) is 33.4 Å². The predicted molar refractivity (Wildman–Crippen MR) is 87.8 cm³/mol. The second-order valence-corrected chi connectivity index (χ2v) is 6.62. The molecule has 0 radical (unpaired) electrons. The summed E-state index contributed by atoms with van der Waals surface area (Å²) < 4.78 is 0. The van der Waals surface area contributed by atoms with E-state index < -0.39 is 0 Å². The molecule has 0 saturated heterocycles. The van der Waals surface area contributed by atoms with Gasteiger partial charge in [0.2, 0.25) is 0 Å². The number of thioether (sulfide) groups is 1. The molecule has 106 valence electrons. The average molecular weight is 286 g/mol. The van der Waals surface area contributed by atoms with E-state index >= 15 is 0 Å². The first-order chi connectivity index (χ1) is 9.38. The topological polar surface area (TPSA) is 20.2 Å². The van der Waals surface area contributed by atoms with E-state index in [4.69, 9.17) is 0 Å². The number of phenolic OH excluding ortho intramolecular Hbond substituents is 1. The van der Waals surface area contributed by atoms with Crippen LogP contribution in [-0.2, 0) is 5.75 Å². The molecule has 0 bridgehead atoms. The van der Waals surface area contributed by atoms with Gasteiger partial charge < -0.3 is 5.11 Å². The van der Waals surface area contributed by atoms with Gasteiger partial charge in [0.15, 0.2) is 0 Å². The van der Waals surface area contributed by atoms with Gasteiger partial charge in [-0.3, -0.25) is 0 Å². The maximum Gasteiger partial charge on any atom is 0.121 e. The molecule has 0 fully saturated rings. The van der Waals surface area contributed by atoms with Crippen LogP contribution in [-0.4, -0.2) is 5.11 Å². The first-order valence-electron chi connectivity index (χ1n) is 6.88. The zero-order valence-electron chi connectivity index (χ0n) is 12.9. The van der Waals surface area contributed by atoms with Crippen molar-refractivity contribution in [3.05, 3.63) is 57.6 Å². The van der Waals surface area contributed by atoms with E-state index in [-0.39, 0.29) is 0 Å². The van der Waals surface area contributed by atoms with E-state index in [2.05, 4.69) is 45.0 Å². The van der Waals surface area contributed by atoms with Crippen molar-refractivity contribution in [2.75, 3.05) is 0 Å². The largest absolute Gasteiger partial charge is 0.507 e. The minimum atomic E-state index is 0.414. The molecule has 2 aromatic rings. The predicted octanol–water partition coefficient (Wildman–Crippen LogP) is 5.23. The molecule has 0 aromatic heterocycles. The molecule has 0 unspecified atom stereocenters. The van der Waals surface area contributed by atoms with Gasteiger partial charge >= 0.3 is 0 Å². The van der Waals surface area contributed by atoms with Crippen molar-refractivity contribution in [2.24, 2.45) is 0 Å². The van der Waals surface area contributed by atoms with Gasteiger partial charge in [-0.25, -0.2) is 0 Å². The summed E-state index contributed by atoms with van der Waals surface area (Å²) in [5, 5.41) is 9.83. The Labute approximate surface area is 126 Å². The highest BCUT2D eigenvalue weighted by atomic mass is 32.2. The Bertz CT molecular complexity index is 598. The lowest BCUT2D eigenvalue weighted by Gasteiger charge is -2.12. The van der Waals surface area contributed by atoms with Crippen LogP contribution in [0.25, 0.3) is 0 Å². The molecule has 0 aliphatic heterocycles. The maximum absolute atomic E-state index is 9.83. The molecule has 2 heteroatoms. The highest BCUT2D eigenvalue weighted by Gasteiger charge is 2.07. The van der Waals surface area contributed by atoms with Crippen LogP contribution in [0.4, 0.5) is 0 Å². The number of rotatable bonds is 3. The van der Waals surface area contributed by atoms with Crippen molar-refractivity contribution in [1.82, 2.24) is 0 Å². The molecule has 0 aliphatic rings. The molecular weight excluding hydrogens is 264 g/mol. The van der Waals surface area contributed by atoms with Gasteiger partial charge in [0.1, 0.15) is 5.75 Å². The van der Waals surface area contributed by atoms with Crippen molar-refractivity contribution in [3.8, 4) is 5.75 Å². The first-order valence-corrected chi connectivity index (χ1v) is 7.86. The van der Waals surface area contributed by atoms with Gasteiger partial charge in [-0.15, -0.1) is 11.8 Å². The van der Waals surface area contributed by atoms with Crippen LogP contribution in [0, 0.1) is 34.6 Å². The molecule has 0 amide bonds. The number of aryl methyl sites for hydroxylation is 5. The molecule has 1 nitrogen and oxygen atoms in total. The zero-order valence-corrected chi connectivity index (χ0v) is 13.7. The van der Waals surface area contributed by atoms with Crippen LogP contribution >= 0.6 is 11.8 Å². The monoisotopic (exact) mass is 286 g/mol. The van der Waals surface area contributed by atoms with Crippen molar-refractivity contribution in [3.63, 3.8) is 0 Å². The normalized spacial score (nSPS) is 10.8. The smallest absolute Gasteiger partial charge is 0.121 e. The third kappa shape index (κ3) is 3.18. The van der Waals surface area contributed by atoms with E-state index in [0.29, 0.717) is 5.75 Å². The zero-order chi connectivity index (χ0) is 14.9. The van der Waals surface area contributed by atoms with Crippen molar-refractivity contribution in [1.29, 1.82) is 0 Å². The van der Waals surface area contributed by atoms with Crippen molar-refractivity contribution >= 4 is 11.8 Å². The number of hydrogen-bond donors (Lipinski definition) is 1. The van der Waals surface area contributed by atoms with Gasteiger partial charge in [0.25, 0.3) is 0 Å². The SMILES string of the molecule is Cc1cc(C)c(CSc2cc(C)c(O)c(C)c2)c(C)c1. The minimum absolute atomic E-state index is 0.414. The highest BCUT2D eigenvalue weighted by molar-refractivity contribution is 7.98. The fourth-order valence-corrected chi connectivity index (χ4v) is 3.88. The Kier molecular flexibility index (Phi) is 4.44. The Hall–Kier alpha value is -1.41. The fraction of sp³-hybridized carbons (Fsp3) is 0.333. The number of hydrogen-bond acceptors (Lipinski definition) is 2. The molecular formula is C18H22OS. The number of phenols is 1. The average Bonchev–Trinajstić information content (AvgIpc) is 2.34. The molecule has 0 heterocycles. The Morgan fingerprint density at radius 3 is 1.80 bits per heavy atom. The highest BCUT2D eigenvalue weighted by Crippen LogP contribution is 2.32. The lowest BCUT2D eigenvalue weighted by atomic mass is 10.0. The van der Waals surface area contributed by atoms with Gasteiger partial charge in [0, 0.05) is 10.6 Å². The molecule has 0 spiro atoms. The summed E-state index contributed by atoms with van der Waals surface area (Å²) in [6.45, 7) is 10.4. The van der Waals surface area contributed by atoms with Crippen LogP contribution in [0.2, 0.25) is 0 Å². The number of benzene rings is 2. The molecule has 2 aromatic carbocycles. The molecule has 1 N–H and O–H groups in total. The Balaban J connectivity index is 2.21. The summed E-state index contributed by atoms with van der Waals surface area (Å²) in [5.74, 6) is 1.39. The summed E-state index contributed by atoms with van der Waals surface area (Å²) in [7, 11) is 0. The molecule has 0 aliphatic carbocycles. The third-order valence-electron chi connectivity index (χ3n) is 3.69. The van der Waals surface area contributed by atoms with E-state index in [0.717, 1.165) is 16.9 Å². The first kappa shape index (κ1) is 15.0. The Morgan fingerprint density at radius 1 is 0.800 bits per heavy atom. The quantitative estimate of drug-likeness (QED) is 0.780. The van der Waals surface area contributed by atoms with Gasteiger partial charge in [0.05, 0.1) is 0 Å². The molecule has 2 rings (SSSR count). The summed E-state index contributed by atoms with van der Waals surface area (Å²) in [5.41, 5.74) is 7.37. The Morgan fingerprint density at radius 2 is 1.30 bits per heavy atom. The standard InChI is InChI=1S/C18H22OS/c1-11-6-12(2)17(13(3)7-11)10-20-16-8-14(4)18(19)15(5)9-16/h6-9,19H,10H2,1-5H3. The third-order valence-corrected chi connectivity index (χ3v) is 4.69. The summed E-state index contributed by atoms with van der Waals surface area (Å²) >= 11 is 1.83. The minimum Gasteiger partial charge on any atom is -0.507 e. The second kappa shape index (κ2) is 5.92. The van der Waals surface area contributed by atoms with Crippen LogP contribution in [0.3, 0.4) is 0 Å². The van der Waals surface area contributed by atoms with Crippen LogP contribution in [0.5, 0.6) is 5.75 Å².